The van der Waals surface area contributed by atoms with Crippen molar-refractivity contribution >= 4 is 0 Å². The topological polar surface area (TPSA) is 64.5 Å². The average molecular weight is 210 g/mol. The highest BCUT2D eigenvalue weighted by Crippen LogP contribution is 2.34. The average Bonchev–Trinajstić information content (AvgIpc) is 2.30. The minimum absolute atomic E-state index is 0.391. The second-order valence-corrected chi connectivity index (χ2v) is 3.56. The zero-order valence-electron chi connectivity index (χ0n) is 8.64. The van der Waals surface area contributed by atoms with Gasteiger partial charge in [-0.15, -0.1) is 0 Å². The lowest BCUT2D eigenvalue weighted by Gasteiger charge is -2.31. The molecule has 82 valence electrons. The van der Waals surface area contributed by atoms with Crippen LogP contribution in [0.25, 0.3) is 0 Å². The Labute approximate surface area is 88.1 Å². The first kappa shape index (κ1) is 10.3. The van der Waals surface area contributed by atoms with Crippen LogP contribution in [0.4, 0.5) is 0 Å². The van der Waals surface area contributed by atoms with E-state index in [4.69, 9.17) is 9.47 Å². The molecule has 2 heterocycles. The van der Waals surface area contributed by atoms with Crippen molar-refractivity contribution in [2.75, 3.05) is 20.3 Å². The summed E-state index contributed by atoms with van der Waals surface area (Å²) >= 11 is 0. The summed E-state index contributed by atoms with van der Waals surface area (Å²) in [5.74, 6) is 0.391. The Kier molecular flexibility index (Phi) is 2.83. The lowest BCUT2D eigenvalue weighted by Crippen LogP contribution is -2.34. The van der Waals surface area contributed by atoms with E-state index >= 15 is 0 Å². The van der Waals surface area contributed by atoms with E-state index in [-0.39, 0.29) is 0 Å². The smallest absolute Gasteiger partial charge is 0.238 e. The van der Waals surface area contributed by atoms with E-state index in [9.17, 15) is 5.11 Å². The fraction of sp³-hybridized carbons (Fsp3) is 0.600. The van der Waals surface area contributed by atoms with Crippen LogP contribution in [0.15, 0.2) is 12.4 Å². The summed E-state index contributed by atoms with van der Waals surface area (Å²) in [6.07, 6.45) is 4.17. The Hall–Kier alpha value is -1.20. The van der Waals surface area contributed by atoms with Crippen molar-refractivity contribution < 1.29 is 14.6 Å². The van der Waals surface area contributed by atoms with Gasteiger partial charge in [0, 0.05) is 38.4 Å². The van der Waals surface area contributed by atoms with Crippen LogP contribution in [0.3, 0.4) is 0 Å². The second kappa shape index (κ2) is 4.12. The number of rotatable bonds is 2. The van der Waals surface area contributed by atoms with Crippen molar-refractivity contribution in [3.8, 4) is 5.88 Å². The molecule has 5 heteroatoms. The third-order valence-corrected chi connectivity index (χ3v) is 2.62. The number of hydrogen-bond acceptors (Lipinski definition) is 5. The van der Waals surface area contributed by atoms with Gasteiger partial charge in [-0.1, -0.05) is 0 Å². The molecule has 1 aromatic rings. The predicted octanol–water partition coefficient (Wildman–Crippen LogP) is 0.483. The summed E-state index contributed by atoms with van der Waals surface area (Å²) in [5, 5.41) is 10.4. The maximum absolute atomic E-state index is 10.4. The van der Waals surface area contributed by atoms with Crippen LogP contribution < -0.4 is 4.74 Å². The van der Waals surface area contributed by atoms with Gasteiger partial charge >= 0.3 is 0 Å². The van der Waals surface area contributed by atoms with Crippen LogP contribution in [0.2, 0.25) is 0 Å². The van der Waals surface area contributed by atoms with E-state index in [1.54, 1.807) is 12.4 Å². The number of hydrogen-bond donors (Lipinski definition) is 1. The number of aromatic nitrogens is 2. The monoisotopic (exact) mass is 210 g/mol. The highest BCUT2D eigenvalue weighted by atomic mass is 16.5. The summed E-state index contributed by atoms with van der Waals surface area (Å²) in [7, 11) is 1.52. The van der Waals surface area contributed by atoms with E-state index in [0.717, 1.165) is 0 Å². The van der Waals surface area contributed by atoms with Crippen LogP contribution in [-0.4, -0.2) is 35.4 Å². The van der Waals surface area contributed by atoms with E-state index in [0.29, 0.717) is 37.6 Å². The van der Waals surface area contributed by atoms with Gasteiger partial charge in [-0.2, -0.15) is 0 Å². The third kappa shape index (κ3) is 1.93. The number of ether oxygens (including phenoxy) is 2. The lowest BCUT2D eigenvalue weighted by molar-refractivity contribution is -0.0719. The van der Waals surface area contributed by atoms with Gasteiger partial charge < -0.3 is 14.6 Å². The molecule has 1 N–H and O–H groups in total. The van der Waals surface area contributed by atoms with Gasteiger partial charge in [0.1, 0.15) is 11.3 Å². The van der Waals surface area contributed by atoms with Crippen molar-refractivity contribution in [2.45, 2.75) is 18.4 Å². The quantitative estimate of drug-likeness (QED) is 0.769. The Morgan fingerprint density at radius 3 is 2.67 bits per heavy atom. The zero-order valence-corrected chi connectivity index (χ0v) is 8.64. The first-order valence-electron chi connectivity index (χ1n) is 4.92. The normalized spacial score (nSPS) is 19.9. The van der Waals surface area contributed by atoms with E-state index in [1.165, 1.54) is 7.11 Å². The minimum Gasteiger partial charge on any atom is -0.480 e. The van der Waals surface area contributed by atoms with Crippen LogP contribution in [0, 0.1) is 0 Å². The van der Waals surface area contributed by atoms with Gasteiger partial charge in [-0.3, -0.25) is 4.98 Å². The molecule has 0 unspecified atom stereocenters. The van der Waals surface area contributed by atoms with E-state index < -0.39 is 5.60 Å². The molecule has 0 aromatic carbocycles. The van der Waals surface area contributed by atoms with Crippen LogP contribution in [0.5, 0.6) is 5.88 Å². The molecule has 5 nitrogen and oxygen atoms in total. The van der Waals surface area contributed by atoms with Gasteiger partial charge in [0.2, 0.25) is 5.88 Å². The van der Waals surface area contributed by atoms with Crippen LogP contribution in [0.1, 0.15) is 18.5 Å². The molecule has 0 radical (unpaired) electrons. The van der Waals surface area contributed by atoms with Crippen LogP contribution >= 0.6 is 0 Å². The molecule has 0 bridgehead atoms. The lowest BCUT2D eigenvalue weighted by atomic mass is 9.90. The summed E-state index contributed by atoms with van der Waals surface area (Å²) in [6.45, 7) is 1.08. The number of aliphatic hydroxyl groups is 1. The maximum atomic E-state index is 10.4. The number of methoxy groups -OCH3 is 1. The summed E-state index contributed by atoms with van der Waals surface area (Å²) < 4.78 is 10.3. The molecular formula is C10H14N2O3. The highest BCUT2D eigenvalue weighted by molar-refractivity contribution is 5.24. The molecule has 0 spiro atoms. The summed E-state index contributed by atoms with van der Waals surface area (Å²) in [4.78, 5) is 8.18. The predicted molar refractivity (Wildman–Crippen MR) is 52.5 cm³/mol. The van der Waals surface area contributed by atoms with Crippen molar-refractivity contribution in [1.82, 2.24) is 9.97 Å². The molecule has 0 amide bonds. The molecule has 1 fully saturated rings. The Balaban J connectivity index is 2.34. The molecule has 1 aliphatic heterocycles. The minimum atomic E-state index is -0.960. The molecule has 0 atom stereocenters. The standard InChI is InChI=1S/C10H14N2O3/c1-14-9-8(11-4-5-12-9)10(13)2-6-15-7-3-10/h4-5,13H,2-3,6-7H2,1H3. The van der Waals surface area contributed by atoms with E-state index in [2.05, 4.69) is 9.97 Å². The van der Waals surface area contributed by atoms with Gasteiger partial charge in [0.05, 0.1) is 7.11 Å². The van der Waals surface area contributed by atoms with Crippen molar-refractivity contribution in [1.29, 1.82) is 0 Å². The molecule has 1 saturated heterocycles. The molecule has 0 aliphatic carbocycles. The highest BCUT2D eigenvalue weighted by Gasteiger charge is 2.36. The molecule has 0 saturated carbocycles. The Bertz CT molecular complexity index is 337. The van der Waals surface area contributed by atoms with Crippen molar-refractivity contribution in [2.24, 2.45) is 0 Å². The van der Waals surface area contributed by atoms with Crippen LogP contribution in [-0.2, 0) is 10.3 Å². The van der Waals surface area contributed by atoms with Gasteiger partial charge in [0.15, 0.2) is 0 Å². The van der Waals surface area contributed by atoms with Crippen molar-refractivity contribution in [3.63, 3.8) is 0 Å². The molecular weight excluding hydrogens is 196 g/mol. The zero-order chi connectivity index (χ0) is 10.7. The Morgan fingerprint density at radius 2 is 2.00 bits per heavy atom. The largest absolute Gasteiger partial charge is 0.480 e. The fourth-order valence-electron chi connectivity index (χ4n) is 1.74. The van der Waals surface area contributed by atoms with E-state index in [1.807, 2.05) is 0 Å². The molecule has 1 aromatic heterocycles. The number of nitrogens with zero attached hydrogens (tertiary/aromatic N) is 2. The fourth-order valence-corrected chi connectivity index (χ4v) is 1.74. The third-order valence-electron chi connectivity index (χ3n) is 2.62. The molecule has 1 aliphatic rings. The van der Waals surface area contributed by atoms with Gasteiger partial charge in [-0.05, 0) is 0 Å². The Morgan fingerprint density at radius 1 is 1.33 bits per heavy atom. The van der Waals surface area contributed by atoms with Gasteiger partial charge in [-0.25, -0.2) is 4.98 Å². The summed E-state index contributed by atoms with van der Waals surface area (Å²) in [6, 6.07) is 0. The second-order valence-electron chi connectivity index (χ2n) is 3.56. The van der Waals surface area contributed by atoms with Crippen molar-refractivity contribution in [3.05, 3.63) is 18.1 Å². The summed E-state index contributed by atoms with van der Waals surface area (Å²) in [5.41, 5.74) is -0.450. The van der Waals surface area contributed by atoms with Gasteiger partial charge in [0.25, 0.3) is 0 Å². The first-order valence-corrected chi connectivity index (χ1v) is 4.92. The molecule has 2 rings (SSSR count). The first-order chi connectivity index (χ1) is 7.26. The maximum Gasteiger partial charge on any atom is 0.238 e. The molecule has 15 heavy (non-hydrogen) atoms. The SMILES string of the molecule is COc1nccnc1C1(O)CCOCC1.